The Labute approximate surface area is 99.6 Å². The number of hydrogen-bond donors (Lipinski definition) is 2. The van der Waals surface area contributed by atoms with E-state index in [0.29, 0.717) is 13.1 Å². The average molecular weight is 239 g/mol. The SMILES string of the molecule is CC(C)(C)OC(=O)N1CC(c2cc(O)n[nH]2)C1. The van der Waals surface area contributed by atoms with Gasteiger partial charge in [0, 0.05) is 30.8 Å². The van der Waals surface area contributed by atoms with Gasteiger partial charge in [-0.1, -0.05) is 0 Å². The van der Waals surface area contributed by atoms with Crippen molar-refractivity contribution >= 4 is 6.09 Å². The average Bonchev–Trinajstić information content (AvgIpc) is 2.45. The Morgan fingerprint density at radius 1 is 1.59 bits per heavy atom. The first kappa shape index (κ1) is 11.8. The van der Waals surface area contributed by atoms with Crippen LogP contribution in [0.1, 0.15) is 32.4 Å². The van der Waals surface area contributed by atoms with E-state index in [2.05, 4.69) is 10.2 Å². The van der Waals surface area contributed by atoms with Gasteiger partial charge in [0.15, 0.2) is 0 Å². The van der Waals surface area contributed by atoms with E-state index in [-0.39, 0.29) is 17.9 Å². The summed E-state index contributed by atoms with van der Waals surface area (Å²) in [7, 11) is 0. The molecule has 94 valence electrons. The molecule has 1 aliphatic heterocycles. The second-order valence-corrected chi connectivity index (χ2v) is 5.26. The Hall–Kier alpha value is -1.72. The summed E-state index contributed by atoms with van der Waals surface area (Å²) in [5.41, 5.74) is 0.385. The number of carbonyl (C=O) groups is 1. The zero-order valence-electron chi connectivity index (χ0n) is 10.2. The van der Waals surface area contributed by atoms with E-state index in [1.54, 1.807) is 11.0 Å². The van der Waals surface area contributed by atoms with Gasteiger partial charge < -0.3 is 14.7 Å². The number of aromatic amines is 1. The van der Waals surface area contributed by atoms with E-state index in [1.165, 1.54) is 0 Å². The van der Waals surface area contributed by atoms with Gasteiger partial charge in [0.2, 0.25) is 5.88 Å². The monoisotopic (exact) mass is 239 g/mol. The molecular formula is C11H17N3O3. The van der Waals surface area contributed by atoms with Gasteiger partial charge in [-0.3, -0.25) is 5.10 Å². The second kappa shape index (κ2) is 3.94. The summed E-state index contributed by atoms with van der Waals surface area (Å²) in [6.07, 6.45) is -0.294. The van der Waals surface area contributed by atoms with Gasteiger partial charge in [0.05, 0.1) is 0 Å². The highest BCUT2D eigenvalue weighted by Crippen LogP contribution is 2.28. The summed E-state index contributed by atoms with van der Waals surface area (Å²) in [5.74, 6) is 0.187. The van der Waals surface area contributed by atoms with Crippen LogP contribution >= 0.6 is 0 Å². The minimum atomic E-state index is -0.464. The number of rotatable bonds is 1. The first-order valence-electron chi connectivity index (χ1n) is 5.57. The number of carbonyl (C=O) groups excluding carboxylic acids is 1. The Bertz CT molecular complexity index is 416. The fourth-order valence-corrected chi connectivity index (χ4v) is 1.69. The molecule has 1 amide bonds. The van der Waals surface area contributed by atoms with Gasteiger partial charge in [0.25, 0.3) is 0 Å². The molecule has 2 rings (SSSR count). The van der Waals surface area contributed by atoms with Crippen molar-refractivity contribution in [1.29, 1.82) is 0 Å². The molecule has 0 aromatic carbocycles. The number of aromatic hydroxyl groups is 1. The molecule has 1 aromatic rings. The Balaban J connectivity index is 1.85. The Morgan fingerprint density at radius 3 is 2.71 bits per heavy atom. The molecule has 0 bridgehead atoms. The number of ether oxygens (including phenoxy) is 1. The van der Waals surface area contributed by atoms with E-state index >= 15 is 0 Å². The fourth-order valence-electron chi connectivity index (χ4n) is 1.69. The summed E-state index contributed by atoms with van der Waals surface area (Å²) in [6, 6.07) is 1.58. The van der Waals surface area contributed by atoms with Crippen LogP contribution in [0.3, 0.4) is 0 Å². The van der Waals surface area contributed by atoms with Crippen LogP contribution in [0.25, 0.3) is 0 Å². The lowest BCUT2D eigenvalue weighted by Crippen LogP contribution is -2.50. The largest absolute Gasteiger partial charge is 0.492 e. The maximum atomic E-state index is 11.7. The molecule has 0 atom stereocenters. The van der Waals surface area contributed by atoms with Crippen LogP contribution in [-0.4, -0.2) is 45.0 Å². The van der Waals surface area contributed by atoms with Crippen LogP contribution in [0.2, 0.25) is 0 Å². The van der Waals surface area contributed by atoms with Crippen LogP contribution in [0.5, 0.6) is 5.88 Å². The zero-order valence-corrected chi connectivity index (χ0v) is 10.2. The van der Waals surface area contributed by atoms with Crippen molar-refractivity contribution < 1.29 is 14.6 Å². The molecule has 0 spiro atoms. The quantitative estimate of drug-likeness (QED) is 0.777. The molecule has 0 unspecified atom stereocenters. The predicted molar refractivity (Wildman–Crippen MR) is 60.8 cm³/mol. The lowest BCUT2D eigenvalue weighted by molar-refractivity contribution is 0.00787. The van der Waals surface area contributed by atoms with Crippen molar-refractivity contribution in [3.8, 4) is 5.88 Å². The van der Waals surface area contributed by atoms with Gasteiger partial charge >= 0.3 is 6.09 Å². The normalized spacial score (nSPS) is 16.8. The molecular weight excluding hydrogens is 222 g/mol. The van der Waals surface area contributed by atoms with Crippen LogP contribution in [0.15, 0.2) is 6.07 Å². The van der Waals surface area contributed by atoms with E-state index in [9.17, 15) is 4.79 Å². The minimum absolute atomic E-state index is 0.0179. The third-order valence-corrected chi connectivity index (χ3v) is 2.56. The summed E-state index contributed by atoms with van der Waals surface area (Å²) >= 11 is 0. The van der Waals surface area contributed by atoms with E-state index < -0.39 is 5.60 Å². The van der Waals surface area contributed by atoms with Crippen molar-refractivity contribution in [2.24, 2.45) is 0 Å². The highest BCUT2D eigenvalue weighted by atomic mass is 16.6. The van der Waals surface area contributed by atoms with Crippen LogP contribution in [-0.2, 0) is 4.74 Å². The number of nitrogens with one attached hydrogen (secondary N) is 1. The highest BCUT2D eigenvalue weighted by molar-refractivity contribution is 5.69. The molecule has 0 radical (unpaired) electrons. The smallest absolute Gasteiger partial charge is 0.410 e. The van der Waals surface area contributed by atoms with Crippen molar-refractivity contribution in [1.82, 2.24) is 15.1 Å². The van der Waals surface area contributed by atoms with Gasteiger partial charge in [-0.2, -0.15) is 0 Å². The lowest BCUT2D eigenvalue weighted by Gasteiger charge is -2.39. The summed E-state index contributed by atoms with van der Waals surface area (Å²) < 4.78 is 5.24. The van der Waals surface area contributed by atoms with E-state index in [0.717, 1.165) is 5.69 Å². The van der Waals surface area contributed by atoms with Crippen molar-refractivity contribution in [2.75, 3.05) is 13.1 Å². The molecule has 6 nitrogen and oxygen atoms in total. The van der Waals surface area contributed by atoms with Crippen LogP contribution in [0, 0.1) is 0 Å². The van der Waals surface area contributed by atoms with Gasteiger partial charge in [-0.05, 0) is 20.8 Å². The molecule has 1 aromatic heterocycles. The third-order valence-electron chi connectivity index (χ3n) is 2.56. The number of hydrogen-bond acceptors (Lipinski definition) is 4. The number of amides is 1. The van der Waals surface area contributed by atoms with Gasteiger partial charge in [0.1, 0.15) is 5.60 Å². The zero-order chi connectivity index (χ0) is 12.6. The van der Waals surface area contributed by atoms with Crippen LogP contribution < -0.4 is 0 Å². The second-order valence-electron chi connectivity index (χ2n) is 5.26. The molecule has 1 fully saturated rings. The molecule has 1 aliphatic rings. The lowest BCUT2D eigenvalue weighted by atomic mass is 9.97. The van der Waals surface area contributed by atoms with E-state index in [1.807, 2.05) is 20.8 Å². The third kappa shape index (κ3) is 2.69. The molecule has 2 heterocycles. The minimum Gasteiger partial charge on any atom is -0.492 e. The van der Waals surface area contributed by atoms with Crippen molar-refractivity contribution in [2.45, 2.75) is 32.3 Å². The standard InChI is InChI=1S/C11H17N3O3/c1-11(2,3)17-10(16)14-5-7(6-14)8-4-9(15)13-12-8/h4,7H,5-6H2,1-3H3,(H2,12,13,15). The first-order valence-corrected chi connectivity index (χ1v) is 5.57. The first-order chi connectivity index (χ1) is 7.85. The molecule has 6 heteroatoms. The van der Waals surface area contributed by atoms with Gasteiger partial charge in [-0.15, -0.1) is 5.10 Å². The number of nitrogens with zero attached hydrogens (tertiary/aromatic N) is 2. The molecule has 0 saturated carbocycles. The number of likely N-dealkylation sites (tertiary alicyclic amines) is 1. The Kier molecular flexibility index (Phi) is 2.73. The fraction of sp³-hybridized carbons (Fsp3) is 0.636. The maximum Gasteiger partial charge on any atom is 0.410 e. The molecule has 1 saturated heterocycles. The number of aromatic nitrogens is 2. The van der Waals surface area contributed by atoms with Crippen LogP contribution in [0.4, 0.5) is 4.79 Å². The topological polar surface area (TPSA) is 78.4 Å². The molecule has 2 N–H and O–H groups in total. The van der Waals surface area contributed by atoms with Crippen molar-refractivity contribution in [3.63, 3.8) is 0 Å². The highest BCUT2D eigenvalue weighted by Gasteiger charge is 2.35. The summed E-state index contributed by atoms with van der Waals surface area (Å²) in [6.45, 7) is 6.71. The van der Waals surface area contributed by atoms with Crippen molar-refractivity contribution in [3.05, 3.63) is 11.8 Å². The number of H-pyrrole nitrogens is 1. The molecule has 17 heavy (non-hydrogen) atoms. The maximum absolute atomic E-state index is 11.7. The molecule has 0 aliphatic carbocycles. The van der Waals surface area contributed by atoms with E-state index in [4.69, 9.17) is 9.84 Å². The van der Waals surface area contributed by atoms with Gasteiger partial charge in [-0.25, -0.2) is 4.79 Å². The summed E-state index contributed by atoms with van der Waals surface area (Å²) in [5, 5.41) is 15.5. The summed E-state index contributed by atoms with van der Waals surface area (Å²) in [4.78, 5) is 13.3. The Morgan fingerprint density at radius 2 is 2.24 bits per heavy atom. The predicted octanol–water partition coefficient (Wildman–Crippen LogP) is 1.45.